The van der Waals surface area contributed by atoms with Crippen molar-refractivity contribution in [2.24, 2.45) is 5.92 Å². The lowest BCUT2D eigenvalue weighted by molar-refractivity contribution is -0.119. The van der Waals surface area contributed by atoms with Crippen LogP contribution in [0.2, 0.25) is 0 Å². The van der Waals surface area contributed by atoms with Gasteiger partial charge in [0.15, 0.2) is 5.82 Å². The van der Waals surface area contributed by atoms with E-state index >= 15 is 0 Å². The van der Waals surface area contributed by atoms with Gasteiger partial charge in [0.1, 0.15) is 5.78 Å². The number of aromatic nitrogens is 2. The van der Waals surface area contributed by atoms with Crippen LogP contribution < -0.4 is 0 Å². The van der Waals surface area contributed by atoms with Crippen molar-refractivity contribution in [2.45, 2.75) is 63.4 Å². The number of nitrogens with zero attached hydrogens (tertiary/aromatic N) is 2. The zero-order valence-electron chi connectivity index (χ0n) is 11.9. The molecule has 1 fully saturated rings. The van der Waals surface area contributed by atoms with Gasteiger partial charge >= 0.3 is 0 Å². The summed E-state index contributed by atoms with van der Waals surface area (Å²) >= 11 is 1.91. The number of thioether (sulfide) groups is 1. The predicted molar refractivity (Wildman–Crippen MR) is 76.1 cm³/mol. The Kier molecular flexibility index (Phi) is 5.02. The van der Waals surface area contributed by atoms with Crippen LogP contribution in [-0.4, -0.2) is 21.2 Å². The van der Waals surface area contributed by atoms with Crippen LogP contribution in [0.3, 0.4) is 0 Å². The molecule has 1 saturated carbocycles. The summed E-state index contributed by atoms with van der Waals surface area (Å²) in [5.74, 6) is 2.00. The first-order valence-corrected chi connectivity index (χ1v) is 8.07. The van der Waals surface area contributed by atoms with Crippen molar-refractivity contribution in [2.75, 3.05) is 0 Å². The van der Waals surface area contributed by atoms with Gasteiger partial charge in [-0.1, -0.05) is 31.8 Å². The molecule has 1 aromatic rings. The monoisotopic (exact) mass is 282 g/mol. The lowest BCUT2D eigenvalue weighted by Gasteiger charge is -2.12. The molecule has 1 unspecified atom stereocenters. The quantitative estimate of drug-likeness (QED) is 0.798. The highest BCUT2D eigenvalue weighted by Gasteiger charge is 2.27. The molecule has 1 aliphatic rings. The van der Waals surface area contributed by atoms with Crippen LogP contribution in [0.15, 0.2) is 4.52 Å². The van der Waals surface area contributed by atoms with Crippen LogP contribution in [-0.2, 0) is 10.5 Å². The molecule has 1 heterocycles. The lowest BCUT2D eigenvalue weighted by atomic mass is 9.92. The summed E-state index contributed by atoms with van der Waals surface area (Å²) in [6.45, 7) is 5.59. The van der Waals surface area contributed by atoms with Crippen LogP contribution >= 0.6 is 11.8 Å². The minimum atomic E-state index is -0.266. The van der Waals surface area contributed by atoms with Crippen molar-refractivity contribution >= 4 is 17.5 Å². The molecular weight excluding hydrogens is 260 g/mol. The largest absolute Gasteiger partial charge is 0.339 e. The number of hydrogen-bond acceptors (Lipinski definition) is 5. The summed E-state index contributed by atoms with van der Waals surface area (Å²) < 4.78 is 5.27. The maximum absolute atomic E-state index is 11.6. The first-order chi connectivity index (χ1) is 9.08. The Hall–Kier alpha value is -0.840. The van der Waals surface area contributed by atoms with Crippen molar-refractivity contribution in [1.82, 2.24) is 10.1 Å². The van der Waals surface area contributed by atoms with E-state index in [1.807, 2.05) is 25.6 Å². The zero-order valence-corrected chi connectivity index (χ0v) is 12.7. The third kappa shape index (κ3) is 3.81. The summed E-state index contributed by atoms with van der Waals surface area (Å²) in [6.07, 6.45) is 5.29. The van der Waals surface area contributed by atoms with Gasteiger partial charge in [0.25, 0.3) is 0 Å². The normalized spacial score (nSPS) is 18.1. The van der Waals surface area contributed by atoms with Crippen molar-refractivity contribution < 1.29 is 9.32 Å². The fourth-order valence-corrected chi connectivity index (χ4v) is 3.80. The van der Waals surface area contributed by atoms with Gasteiger partial charge in [0.2, 0.25) is 5.89 Å². The average molecular weight is 282 g/mol. The van der Waals surface area contributed by atoms with Crippen molar-refractivity contribution in [3.63, 3.8) is 0 Å². The maximum atomic E-state index is 11.6. The third-order valence-electron chi connectivity index (χ3n) is 3.60. The first-order valence-electron chi connectivity index (χ1n) is 7.02. The molecule has 1 aliphatic carbocycles. The van der Waals surface area contributed by atoms with E-state index < -0.39 is 0 Å². The Bertz CT molecular complexity index is 425. The Morgan fingerprint density at radius 2 is 2.11 bits per heavy atom. The standard InChI is InChI=1S/C14H22N2O2S/c1-9(2)13(10(3)17)14-15-12(16-18-14)8-19-11-6-4-5-7-11/h9,11,13H,4-8H2,1-3H3. The van der Waals surface area contributed by atoms with Crippen molar-refractivity contribution in [3.8, 4) is 0 Å². The predicted octanol–water partition coefficient (Wildman–Crippen LogP) is 3.57. The molecule has 0 saturated heterocycles. The van der Waals surface area contributed by atoms with E-state index in [0.29, 0.717) is 5.89 Å². The van der Waals surface area contributed by atoms with Gasteiger partial charge in [-0.05, 0) is 25.7 Å². The third-order valence-corrected chi connectivity index (χ3v) is 4.97. The molecule has 106 valence electrons. The molecule has 1 atom stereocenters. The van der Waals surface area contributed by atoms with E-state index in [0.717, 1.165) is 16.8 Å². The molecule has 4 nitrogen and oxygen atoms in total. The van der Waals surface area contributed by atoms with E-state index in [1.54, 1.807) is 6.92 Å². The molecule has 0 spiro atoms. The van der Waals surface area contributed by atoms with Crippen LogP contribution in [0, 0.1) is 5.92 Å². The summed E-state index contributed by atoms with van der Waals surface area (Å²) in [5.41, 5.74) is 0. The van der Waals surface area contributed by atoms with Gasteiger partial charge in [0.05, 0.1) is 11.7 Å². The topological polar surface area (TPSA) is 56.0 Å². The molecule has 0 bridgehead atoms. The van der Waals surface area contributed by atoms with Crippen molar-refractivity contribution in [1.29, 1.82) is 0 Å². The Morgan fingerprint density at radius 3 is 2.68 bits per heavy atom. The van der Waals surface area contributed by atoms with Crippen LogP contribution in [0.4, 0.5) is 0 Å². The van der Waals surface area contributed by atoms with Gasteiger partial charge < -0.3 is 4.52 Å². The fraction of sp³-hybridized carbons (Fsp3) is 0.786. The molecule has 0 radical (unpaired) electrons. The van der Waals surface area contributed by atoms with E-state index in [1.165, 1.54) is 25.7 Å². The number of Topliss-reactive ketones (excluding diaryl/α,β-unsaturated/α-hetero) is 1. The summed E-state index contributed by atoms with van der Waals surface area (Å²) in [7, 11) is 0. The molecule has 5 heteroatoms. The van der Waals surface area contributed by atoms with Crippen LogP contribution in [0.5, 0.6) is 0 Å². The number of carbonyl (C=O) groups excluding carboxylic acids is 1. The highest BCUT2D eigenvalue weighted by atomic mass is 32.2. The number of carbonyl (C=O) groups is 1. The number of rotatable bonds is 6. The minimum Gasteiger partial charge on any atom is -0.339 e. The fourth-order valence-electron chi connectivity index (χ4n) is 2.63. The van der Waals surface area contributed by atoms with Crippen LogP contribution in [0.1, 0.15) is 64.1 Å². The van der Waals surface area contributed by atoms with Gasteiger partial charge in [-0.3, -0.25) is 4.79 Å². The maximum Gasteiger partial charge on any atom is 0.237 e. The highest BCUT2D eigenvalue weighted by molar-refractivity contribution is 7.99. The van der Waals surface area contributed by atoms with Gasteiger partial charge in [-0.25, -0.2) is 0 Å². The van der Waals surface area contributed by atoms with Gasteiger partial charge in [0, 0.05) is 5.25 Å². The summed E-state index contributed by atoms with van der Waals surface area (Å²) in [5, 5.41) is 4.75. The van der Waals surface area contributed by atoms with E-state index in [4.69, 9.17) is 4.52 Å². The summed E-state index contributed by atoms with van der Waals surface area (Å²) in [4.78, 5) is 16.0. The average Bonchev–Trinajstić information content (AvgIpc) is 2.95. The molecule has 0 aliphatic heterocycles. The Balaban J connectivity index is 1.95. The lowest BCUT2D eigenvalue weighted by Crippen LogP contribution is -2.15. The second-order valence-electron chi connectivity index (χ2n) is 5.60. The van der Waals surface area contributed by atoms with E-state index in [9.17, 15) is 4.79 Å². The number of ketones is 1. The molecule has 2 rings (SSSR count). The first kappa shape index (κ1) is 14.6. The molecule has 19 heavy (non-hydrogen) atoms. The number of hydrogen-bond donors (Lipinski definition) is 0. The highest BCUT2D eigenvalue weighted by Crippen LogP contribution is 2.31. The Morgan fingerprint density at radius 1 is 1.42 bits per heavy atom. The molecular formula is C14H22N2O2S. The zero-order chi connectivity index (χ0) is 13.8. The molecule has 1 aromatic heterocycles. The van der Waals surface area contributed by atoms with Gasteiger partial charge in [-0.15, -0.1) is 0 Å². The van der Waals surface area contributed by atoms with E-state index in [2.05, 4.69) is 10.1 Å². The van der Waals surface area contributed by atoms with Gasteiger partial charge in [-0.2, -0.15) is 16.7 Å². The molecule has 0 aromatic carbocycles. The second-order valence-corrected chi connectivity index (χ2v) is 6.89. The van der Waals surface area contributed by atoms with E-state index in [-0.39, 0.29) is 17.6 Å². The second kappa shape index (κ2) is 6.55. The smallest absolute Gasteiger partial charge is 0.237 e. The molecule has 0 N–H and O–H groups in total. The van der Waals surface area contributed by atoms with Crippen molar-refractivity contribution in [3.05, 3.63) is 11.7 Å². The Labute approximate surface area is 118 Å². The summed E-state index contributed by atoms with van der Waals surface area (Å²) in [6, 6.07) is 0. The van der Waals surface area contributed by atoms with Crippen LogP contribution in [0.25, 0.3) is 0 Å². The SMILES string of the molecule is CC(=O)C(c1nc(CSC2CCCC2)no1)C(C)C. The molecule has 0 amide bonds. The minimum absolute atomic E-state index is 0.0913.